The van der Waals surface area contributed by atoms with Crippen molar-refractivity contribution in [2.45, 2.75) is 47.5 Å². The van der Waals surface area contributed by atoms with Gasteiger partial charge in [0.2, 0.25) is 0 Å². The average Bonchev–Trinajstić information content (AvgIpc) is 2.12. The molecule has 0 saturated heterocycles. The third-order valence-electron chi connectivity index (χ3n) is 3.34. The molecule has 1 atom stereocenters. The Morgan fingerprint density at radius 1 is 1.38 bits per heavy atom. The first kappa shape index (κ1) is 12.5. The van der Waals surface area contributed by atoms with Crippen molar-refractivity contribution < 1.29 is 9.53 Å². The molecule has 0 radical (unpaired) electrons. The number of hydrogen-bond acceptors (Lipinski definition) is 2. The Kier molecular flexibility index (Phi) is 5.04. The van der Waals surface area contributed by atoms with E-state index in [0.717, 1.165) is 12.8 Å². The van der Waals surface area contributed by atoms with Crippen LogP contribution in [0, 0.1) is 11.3 Å². The molecule has 78 valence electrons. The lowest BCUT2D eigenvalue weighted by molar-refractivity contribution is -0.143. The van der Waals surface area contributed by atoms with Gasteiger partial charge < -0.3 is 4.74 Å². The minimum Gasteiger partial charge on any atom is -0.466 e. The van der Waals surface area contributed by atoms with Crippen molar-refractivity contribution in [3.63, 3.8) is 0 Å². The molecule has 0 amide bonds. The molecule has 2 heteroatoms. The van der Waals surface area contributed by atoms with Crippen molar-refractivity contribution in [2.24, 2.45) is 11.3 Å². The molecule has 0 heterocycles. The highest BCUT2D eigenvalue weighted by Crippen LogP contribution is 2.34. The first-order valence-electron chi connectivity index (χ1n) is 5.09. The summed E-state index contributed by atoms with van der Waals surface area (Å²) in [6.45, 7) is 10.8. The van der Waals surface area contributed by atoms with Crippen LogP contribution in [0.1, 0.15) is 47.5 Å². The van der Waals surface area contributed by atoms with Crippen molar-refractivity contribution in [2.75, 3.05) is 6.61 Å². The SMILES string of the molecule is CCC(C)(CC)C(C)COC(C)=O. The van der Waals surface area contributed by atoms with Crippen LogP contribution in [-0.4, -0.2) is 12.6 Å². The lowest BCUT2D eigenvalue weighted by Gasteiger charge is -2.33. The van der Waals surface area contributed by atoms with Gasteiger partial charge in [-0.1, -0.05) is 40.5 Å². The van der Waals surface area contributed by atoms with Gasteiger partial charge in [0.15, 0.2) is 0 Å². The van der Waals surface area contributed by atoms with E-state index in [9.17, 15) is 4.79 Å². The van der Waals surface area contributed by atoms with Gasteiger partial charge in [0.25, 0.3) is 0 Å². The fourth-order valence-electron chi connectivity index (χ4n) is 1.39. The summed E-state index contributed by atoms with van der Waals surface area (Å²) in [5.41, 5.74) is 0.301. The van der Waals surface area contributed by atoms with Crippen LogP contribution < -0.4 is 0 Å². The Morgan fingerprint density at radius 3 is 2.15 bits per heavy atom. The van der Waals surface area contributed by atoms with Gasteiger partial charge in [-0.05, 0) is 11.3 Å². The van der Waals surface area contributed by atoms with Gasteiger partial charge in [-0.3, -0.25) is 4.79 Å². The molecule has 0 fully saturated rings. The van der Waals surface area contributed by atoms with E-state index in [4.69, 9.17) is 4.74 Å². The third-order valence-corrected chi connectivity index (χ3v) is 3.34. The standard InChI is InChI=1S/C11H22O2/c1-6-11(5,7-2)9(3)8-13-10(4)12/h9H,6-8H2,1-5H3. The van der Waals surface area contributed by atoms with Crippen molar-refractivity contribution in [3.05, 3.63) is 0 Å². The van der Waals surface area contributed by atoms with Gasteiger partial charge in [-0.25, -0.2) is 0 Å². The highest BCUT2D eigenvalue weighted by molar-refractivity contribution is 5.65. The monoisotopic (exact) mass is 186 g/mol. The fourth-order valence-corrected chi connectivity index (χ4v) is 1.39. The predicted molar refractivity (Wildman–Crippen MR) is 54.5 cm³/mol. The Hall–Kier alpha value is -0.530. The minimum absolute atomic E-state index is 0.179. The van der Waals surface area contributed by atoms with E-state index in [1.54, 1.807) is 0 Å². The maximum Gasteiger partial charge on any atom is 0.302 e. The quantitative estimate of drug-likeness (QED) is 0.617. The van der Waals surface area contributed by atoms with Crippen LogP contribution in [0.5, 0.6) is 0 Å². The summed E-state index contributed by atoms with van der Waals surface area (Å²) in [7, 11) is 0. The Balaban J connectivity index is 4.06. The molecule has 0 spiro atoms. The third kappa shape index (κ3) is 3.79. The summed E-state index contributed by atoms with van der Waals surface area (Å²) in [5, 5.41) is 0. The largest absolute Gasteiger partial charge is 0.466 e. The summed E-state index contributed by atoms with van der Waals surface area (Å²) in [4.78, 5) is 10.6. The van der Waals surface area contributed by atoms with Gasteiger partial charge >= 0.3 is 5.97 Å². The summed E-state index contributed by atoms with van der Waals surface area (Å²) in [5.74, 6) is 0.257. The van der Waals surface area contributed by atoms with Crippen LogP contribution in [0.15, 0.2) is 0 Å². The number of esters is 1. The smallest absolute Gasteiger partial charge is 0.302 e. The Bertz CT molecular complexity index is 159. The number of carbonyl (C=O) groups excluding carboxylic acids is 1. The summed E-state index contributed by atoms with van der Waals surface area (Å²) >= 11 is 0. The van der Waals surface area contributed by atoms with Gasteiger partial charge in [-0.15, -0.1) is 0 Å². The first-order valence-corrected chi connectivity index (χ1v) is 5.09. The van der Waals surface area contributed by atoms with Gasteiger partial charge in [0, 0.05) is 6.92 Å². The van der Waals surface area contributed by atoms with E-state index in [2.05, 4.69) is 27.7 Å². The van der Waals surface area contributed by atoms with E-state index in [1.807, 2.05) is 0 Å². The number of hydrogen-bond donors (Lipinski definition) is 0. The molecule has 13 heavy (non-hydrogen) atoms. The summed E-state index contributed by atoms with van der Waals surface area (Å²) < 4.78 is 5.01. The molecular weight excluding hydrogens is 164 g/mol. The van der Waals surface area contributed by atoms with Crippen molar-refractivity contribution in [1.82, 2.24) is 0 Å². The predicted octanol–water partition coefficient (Wildman–Crippen LogP) is 3.01. The molecule has 0 rings (SSSR count). The molecule has 1 unspecified atom stereocenters. The molecule has 0 bridgehead atoms. The molecule has 2 nitrogen and oxygen atoms in total. The second kappa shape index (κ2) is 5.25. The summed E-state index contributed by atoms with van der Waals surface area (Å²) in [6.07, 6.45) is 2.26. The van der Waals surface area contributed by atoms with Gasteiger partial charge in [-0.2, -0.15) is 0 Å². The molecule has 0 aromatic heterocycles. The molecule has 0 aliphatic rings. The molecule has 0 N–H and O–H groups in total. The molecule has 0 aliphatic carbocycles. The van der Waals surface area contributed by atoms with E-state index in [-0.39, 0.29) is 5.97 Å². The summed E-state index contributed by atoms with van der Waals surface area (Å²) in [6, 6.07) is 0. The number of rotatable bonds is 5. The van der Waals surface area contributed by atoms with Crippen LogP contribution in [0.2, 0.25) is 0 Å². The van der Waals surface area contributed by atoms with Crippen LogP contribution in [0.3, 0.4) is 0 Å². The average molecular weight is 186 g/mol. The highest BCUT2D eigenvalue weighted by atomic mass is 16.5. The molecule has 0 saturated carbocycles. The fraction of sp³-hybridized carbons (Fsp3) is 0.909. The van der Waals surface area contributed by atoms with Crippen molar-refractivity contribution in [1.29, 1.82) is 0 Å². The maximum atomic E-state index is 10.6. The van der Waals surface area contributed by atoms with Crippen molar-refractivity contribution in [3.8, 4) is 0 Å². The molecule has 0 aromatic carbocycles. The number of ether oxygens (including phenoxy) is 1. The van der Waals surface area contributed by atoms with Gasteiger partial charge in [0.05, 0.1) is 6.61 Å². The topological polar surface area (TPSA) is 26.3 Å². The lowest BCUT2D eigenvalue weighted by Crippen LogP contribution is -2.28. The normalized spacial score (nSPS) is 13.9. The van der Waals surface area contributed by atoms with E-state index in [0.29, 0.717) is 17.9 Å². The first-order chi connectivity index (χ1) is 5.96. The molecular formula is C11H22O2. The van der Waals surface area contributed by atoms with Crippen LogP contribution in [0.4, 0.5) is 0 Å². The zero-order valence-electron chi connectivity index (χ0n) is 9.52. The van der Waals surface area contributed by atoms with Crippen molar-refractivity contribution >= 4 is 5.97 Å². The zero-order chi connectivity index (χ0) is 10.5. The zero-order valence-corrected chi connectivity index (χ0v) is 9.52. The van der Waals surface area contributed by atoms with Gasteiger partial charge in [0.1, 0.15) is 0 Å². The maximum absolute atomic E-state index is 10.6. The van der Waals surface area contributed by atoms with E-state index in [1.165, 1.54) is 6.92 Å². The minimum atomic E-state index is -0.179. The molecule has 0 aliphatic heterocycles. The van der Waals surface area contributed by atoms with E-state index < -0.39 is 0 Å². The van der Waals surface area contributed by atoms with Crippen LogP contribution in [-0.2, 0) is 9.53 Å². The Morgan fingerprint density at radius 2 is 1.85 bits per heavy atom. The van der Waals surface area contributed by atoms with Crippen LogP contribution >= 0.6 is 0 Å². The van der Waals surface area contributed by atoms with Crippen LogP contribution in [0.25, 0.3) is 0 Å². The Labute approximate surface area is 81.7 Å². The lowest BCUT2D eigenvalue weighted by atomic mass is 9.74. The second-order valence-corrected chi connectivity index (χ2v) is 4.06. The highest BCUT2D eigenvalue weighted by Gasteiger charge is 2.27. The second-order valence-electron chi connectivity index (χ2n) is 4.06. The number of carbonyl (C=O) groups is 1. The van der Waals surface area contributed by atoms with E-state index >= 15 is 0 Å². The molecule has 0 aromatic rings.